The molecule has 116 valence electrons. The first-order valence-electron chi connectivity index (χ1n) is 7.23. The molecule has 6 nitrogen and oxygen atoms in total. The van der Waals surface area contributed by atoms with Crippen molar-refractivity contribution in [1.29, 1.82) is 0 Å². The van der Waals surface area contributed by atoms with Crippen molar-refractivity contribution in [3.8, 4) is 0 Å². The van der Waals surface area contributed by atoms with Crippen LogP contribution in [0.4, 0.5) is 0 Å². The monoisotopic (exact) mass is 304 g/mol. The Morgan fingerprint density at radius 1 is 1.30 bits per heavy atom. The highest BCUT2D eigenvalue weighted by molar-refractivity contribution is 7.87. The van der Waals surface area contributed by atoms with Crippen molar-refractivity contribution in [1.82, 2.24) is 9.03 Å². The lowest BCUT2D eigenvalue weighted by molar-refractivity contribution is -0.139. The molecular formula is C13H24N2O4S. The zero-order chi connectivity index (χ0) is 15.0. The third-order valence-corrected chi connectivity index (χ3v) is 5.99. The summed E-state index contributed by atoms with van der Waals surface area (Å²) >= 11 is 0. The number of hydrogen-bond donors (Lipinski definition) is 2. The standard InChI is InChI=1S/C13H24N2O4S/c1-10-6-11(2)9-15(8-10)20(18,19)14-13(4-3-5-13)7-12(16)17/h10-11,14H,3-9H2,1-2H3,(H,16,17). The van der Waals surface area contributed by atoms with Crippen LogP contribution in [0.1, 0.15) is 46.0 Å². The Balaban J connectivity index is 2.08. The smallest absolute Gasteiger partial charge is 0.305 e. The second kappa shape index (κ2) is 5.61. The van der Waals surface area contributed by atoms with Crippen LogP contribution in [0, 0.1) is 11.8 Å². The molecule has 7 heteroatoms. The van der Waals surface area contributed by atoms with Crippen LogP contribution in [0.3, 0.4) is 0 Å². The van der Waals surface area contributed by atoms with E-state index in [1.54, 1.807) is 0 Å². The first-order valence-corrected chi connectivity index (χ1v) is 8.67. The maximum Gasteiger partial charge on any atom is 0.305 e. The third-order valence-electron chi connectivity index (χ3n) is 4.32. The molecule has 0 aromatic carbocycles. The van der Waals surface area contributed by atoms with Gasteiger partial charge in [-0.3, -0.25) is 4.79 Å². The first-order chi connectivity index (χ1) is 9.22. The van der Waals surface area contributed by atoms with E-state index < -0.39 is 21.7 Å². The Kier molecular flexibility index (Phi) is 4.41. The fraction of sp³-hybridized carbons (Fsp3) is 0.923. The summed E-state index contributed by atoms with van der Waals surface area (Å²) in [7, 11) is -3.59. The molecule has 1 heterocycles. The van der Waals surface area contributed by atoms with Gasteiger partial charge in [0, 0.05) is 18.6 Å². The van der Waals surface area contributed by atoms with Crippen molar-refractivity contribution in [2.45, 2.75) is 51.5 Å². The fourth-order valence-corrected chi connectivity index (χ4v) is 5.20. The molecule has 1 saturated heterocycles. The van der Waals surface area contributed by atoms with Gasteiger partial charge in [-0.2, -0.15) is 17.4 Å². The van der Waals surface area contributed by atoms with E-state index in [0.29, 0.717) is 37.8 Å². The number of aliphatic carboxylic acids is 1. The van der Waals surface area contributed by atoms with Gasteiger partial charge in [-0.1, -0.05) is 13.8 Å². The maximum absolute atomic E-state index is 12.5. The minimum atomic E-state index is -3.59. The van der Waals surface area contributed by atoms with Crippen LogP contribution in [0.25, 0.3) is 0 Å². The number of hydrogen-bond acceptors (Lipinski definition) is 3. The molecule has 1 saturated carbocycles. The highest BCUT2D eigenvalue weighted by Gasteiger charge is 2.44. The lowest BCUT2D eigenvalue weighted by Gasteiger charge is -2.43. The number of piperidine rings is 1. The first kappa shape index (κ1) is 15.7. The van der Waals surface area contributed by atoms with E-state index in [1.807, 2.05) is 0 Å². The summed E-state index contributed by atoms with van der Waals surface area (Å²) in [5.74, 6) is -0.271. The highest BCUT2D eigenvalue weighted by Crippen LogP contribution is 2.36. The van der Waals surface area contributed by atoms with Crippen molar-refractivity contribution >= 4 is 16.2 Å². The van der Waals surface area contributed by atoms with Gasteiger partial charge in [0.1, 0.15) is 0 Å². The summed E-state index contributed by atoms with van der Waals surface area (Å²) in [5, 5.41) is 8.96. The van der Waals surface area contributed by atoms with Crippen LogP contribution in [0.2, 0.25) is 0 Å². The number of nitrogens with zero attached hydrogens (tertiary/aromatic N) is 1. The van der Waals surface area contributed by atoms with Crippen molar-refractivity contribution in [3.63, 3.8) is 0 Å². The summed E-state index contributed by atoms with van der Waals surface area (Å²) < 4.78 is 29.1. The molecule has 0 spiro atoms. The molecule has 2 aliphatic rings. The van der Waals surface area contributed by atoms with E-state index in [-0.39, 0.29) is 6.42 Å². The molecule has 0 amide bonds. The second-order valence-corrected chi connectivity index (χ2v) is 8.25. The molecular weight excluding hydrogens is 280 g/mol. The third kappa shape index (κ3) is 3.51. The summed E-state index contributed by atoms with van der Waals surface area (Å²) in [6, 6.07) is 0. The van der Waals surface area contributed by atoms with Gasteiger partial charge in [0.05, 0.1) is 6.42 Å². The van der Waals surface area contributed by atoms with Crippen molar-refractivity contribution in [2.24, 2.45) is 11.8 Å². The fourth-order valence-electron chi connectivity index (χ4n) is 3.35. The largest absolute Gasteiger partial charge is 0.481 e. The summed E-state index contributed by atoms with van der Waals surface area (Å²) in [4.78, 5) is 10.9. The molecule has 1 aliphatic heterocycles. The molecule has 0 aromatic heterocycles. The Hall–Kier alpha value is -0.660. The zero-order valence-electron chi connectivity index (χ0n) is 12.1. The molecule has 2 atom stereocenters. The van der Waals surface area contributed by atoms with Crippen molar-refractivity contribution in [2.75, 3.05) is 13.1 Å². The minimum absolute atomic E-state index is 0.134. The van der Waals surface area contributed by atoms with Crippen LogP contribution in [0.15, 0.2) is 0 Å². The molecule has 2 rings (SSSR count). The van der Waals surface area contributed by atoms with E-state index in [4.69, 9.17) is 5.11 Å². The summed E-state index contributed by atoms with van der Waals surface area (Å²) in [5.41, 5.74) is -0.769. The van der Waals surface area contributed by atoms with Crippen LogP contribution < -0.4 is 4.72 Å². The molecule has 0 aromatic rings. The number of carboxylic acids is 1. The van der Waals surface area contributed by atoms with Crippen LogP contribution in [0.5, 0.6) is 0 Å². The maximum atomic E-state index is 12.5. The highest BCUT2D eigenvalue weighted by atomic mass is 32.2. The Morgan fingerprint density at radius 3 is 2.25 bits per heavy atom. The average Bonchev–Trinajstić information content (AvgIpc) is 2.23. The Bertz CT molecular complexity index is 463. The number of nitrogens with one attached hydrogen (secondary N) is 1. The van der Waals surface area contributed by atoms with Crippen LogP contribution >= 0.6 is 0 Å². The van der Waals surface area contributed by atoms with Crippen molar-refractivity contribution in [3.05, 3.63) is 0 Å². The number of carbonyl (C=O) groups is 1. The minimum Gasteiger partial charge on any atom is -0.481 e. The predicted molar refractivity (Wildman–Crippen MR) is 75.4 cm³/mol. The van der Waals surface area contributed by atoms with E-state index in [0.717, 1.165) is 12.8 Å². The SMILES string of the molecule is CC1CC(C)CN(S(=O)(=O)NC2(CC(=O)O)CCC2)C1. The van der Waals surface area contributed by atoms with Gasteiger partial charge in [0.2, 0.25) is 0 Å². The molecule has 2 fully saturated rings. The zero-order valence-corrected chi connectivity index (χ0v) is 12.9. The molecule has 2 unspecified atom stereocenters. The van der Waals surface area contributed by atoms with Gasteiger partial charge in [-0.15, -0.1) is 0 Å². The van der Waals surface area contributed by atoms with Crippen LogP contribution in [-0.4, -0.2) is 42.4 Å². The molecule has 2 N–H and O–H groups in total. The molecule has 1 aliphatic carbocycles. The van der Waals surface area contributed by atoms with E-state index >= 15 is 0 Å². The second-order valence-electron chi connectivity index (χ2n) is 6.57. The molecule has 0 bridgehead atoms. The van der Waals surface area contributed by atoms with Gasteiger partial charge in [-0.25, -0.2) is 0 Å². The van der Waals surface area contributed by atoms with E-state index in [9.17, 15) is 13.2 Å². The van der Waals surface area contributed by atoms with E-state index in [2.05, 4.69) is 18.6 Å². The normalized spacial score (nSPS) is 30.7. The topological polar surface area (TPSA) is 86.7 Å². The average molecular weight is 304 g/mol. The van der Waals surface area contributed by atoms with E-state index in [1.165, 1.54) is 4.31 Å². The number of carboxylic acid groups (broad SMARTS) is 1. The molecule has 20 heavy (non-hydrogen) atoms. The lowest BCUT2D eigenvalue weighted by Crippen LogP contribution is -2.59. The summed E-state index contributed by atoms with van der Waals surface area (Å²) in [6.07, 6.45) is 3.00. The predicted octanol–water partition coefficient (Wildman–Crippen LogP) is 1.20. The summed E-state index contributed by atoms with van der Waals surface area (Å²) in [6.45, 7) is 5.13. The van der Waals surface area contributed by atoms with Gasteiger partial charge < -0.3 is 5.11 Å². The van der Waals surface area contributed by atoms with Gasteiger partial charge in [0.25, 0.3) is 10.2 Å². The quantitative estimate of drug-likeness (QED) is 0.799. The Labute approximate surface area is 120 Å². The number of rotatable bonds is 5. The molecule has 0 radical (unpaired) electrons. The van der Waals surface area contributed by atoms with Crippen LogP contribution in [-0.2, 0) is 15.0 Å². The van der Waals surface area contributed by atoms with Gasteiger partial charge >= 0.3 is 5.97 Å². The Morgan fingerprint density at radius 2 is 1.85 bits per heavy atom. The van der Waals surface area contributed by atoms with Gasteiger partial charge in [0.15, 0.2) is 0 Å². The van der Waals surface area contributed by atoms with Crippen molar-refractivity contribution < 1.29 is 18.3 Å². The van der Waals surface area contributed by atoms with Gasteiger partial charge in [-0.05, 0) is 37.5 Å². The lowest BCUT2D eigenvalue weighted by atomic mass is 9.75.